The largest absolute Gasteiger partial charge is 0.497 e. The van der Waals surface area contributed by atoms with Crippen LogP contribution in [0, 0.1) is 0 Å². The van der Waals surface area contributed by atoms with E-state index in [1.165, 1.54) is 0 Å². The minimum atomic E-state index is -0.0372. The van der Waals surface area contributed by atoms with Crippen LogP contribution in [0.15, 0.2) is 29.3 Å². The molecule has 1 amide bonds. The number of methoxy groups -OCH3 is 1. The third kappa shape index (κ3) is 8.20. The monoisotopic (exact) mass is 573 g/mol. The van der Waals surface area contributed by atoms with Crippen molar-refractivity contribution in [2.45, 2.75) is 39.2 Å². The summed E-state index contributed by atoms with van der Waals surface area (Å²) in [5, 5.41) is 3.41. The summed E-state index contributed by atoms with van der Waals surface area (Å²) in [7, 11) is 1.66. The SMILES string of the molecule is CCNC(=NCCCOc1ccc(OC)cc1)N1CCN(C(C)C(=O)N2CCCC2)CC1.I. The molecule has 0 radical (unpaired) electrons. The number of carbonyl (C=O) groups excluding carboxylic acids is 1. The number of halogens is 1. The highest BCUT2D eigenvalue weighted by molar-refractivity contribution is 14.0. The smallest absolute Gasteiger partial charge is 0.239 e. The Labute approximate surface area is 215 Å². The van der Waals surface area contributed by atoms with E-state index in [1.54, 1.807) is 7.11 Å². The van der Waals surface area contributed by atoms with Gasteiger partial charge in [-0.2, -0.15) is 0 Å². The lowest BCUT2D eigenvalue weighted by Gasteiger charge is -2.39. The van der Waals surface area contributed by atoms with E-state index in [9.17, 15) is 4.79 Å². The number of hydrogen-bond acceptors (Lipinski definition) is 5. The summed E-state index contributed by atoms with van der Waals surface area (Å²) < 4.78 is 11.0. The zero-order valence-corrected chi connectivity index (χ0v) is 22.6. The fourth-order valence-electron chi connectivity index (χ4n) is 4.22. The Balaban J connectivity index is 0.00000385. The van der Waals surface area contributed by atoms with Crippen LogP contribution in [-0.2, 0) is 4.79 Å². The minimum Gasteiger partial charge on any atom is -0.497 e. The van der Waals surface area contributed by atoms with Gasteiger partial charge in [0.1, 0.15) is 11.5 Å². The van der Waals surface area contributed by atoms with Gasteiger partial charge in [0, 0.05) is 58.8 Å². The summed E-state index contributed by atoms with van der Waals surface area (Å²) in [5.74, 6) is 2.91. The summed E-state index contributed by atoms with van der Waals surface area (Å²) in [6, 6.07) is 7.60. The third-order valence-corrected chi connectivity index (χ3v) is 6.16. The number of benzene rings is 1. The highest BCUT2D eigenvalue weighted by Crippen LogP contribution is 2.17. The molecular formula is C24H40IN5O3. The van der Waals surface area contributed by atoms with Crippen LogP contribution in [0.25, 0.3) is 0 Å². The fraction of sp³-hybridized carbons (Fsp3) is 0.667. The highest BCUT2D eigenvalue weighted by Gasteiger charge is 2.30. The van der Waals surface area contributed by atoms with E-state index >= 15 is 0 Å². The number of nitrogens with zero attached hydrogens (tertiary/aromatic N) is 4. The molecule has 8 nitrogen and oxygen atoms in total. The average molecular weight is 574 g/mol. The lowest BCUT2D eigenvalue weighted by atomic mass is 10.2. The Kier molecular flexibility index (Phi) is 12.1. The van der Waals surface area contributed by atoms with E-state index in [-0.39, 0.29) is 35.9 Å². The molecule has 1 aromatic carbocycles. The van der Waals surface area contributed by atoms with Crippen LogP contribution in [0.1, 0.15) is 33.1 Å². The summed E-state index contributed by atoms with van der Waals surface area (Å²) in [6.07, 6.45) is 3.13. The number of piperazine rings is 1. The van der Waals surface area contributed by atoms with Gasteiger partial charge >= 0.3 is 0 Å². The van der Waals surface area contributed by atoms with Crippen molar-refractivity contribution >= 4 is 35.8 Å². The molecule has 2 saturated heterocycles. The Morgan fingerprint density at radius 2 is 1.67 bits per heavy atom. The van der Waals surface area contributed by atoms with Crippen molar-refractivity contribution in [3.63, 3.8) is 0 Å². The van der Waals surface area contributed by atoms with Gasteiger partial charge in [0.05, 0.1) is 19.8 Å². The van der Waals surface area contributed by atoms with Crippen LogP contribution in [0.5, 0.6) is 11.5 Å². The maximum atomic E-state index is 12.7. The average Bonchev–Trinajstić information content (AvgIpc) is 3.38. The van der Waals surface area contributed by atoms with Crippen molar-refractivity contribution in [2.24, 2.45) is 4.99 Å². The van der Waals surface area contributed by atoms with E-state index in [0.29, 0.717) is 13.2 Å². The number of nitrogens with one attached hydrogen (secondary N) is 1. The van der Waals surface area contributed by atoms with Crippen LogP contribution in [-0.4, -0.2) is 98.7 Å². The number of amides is 1. The molecule has 1 N–H and O–H groups in total. The molecule has 2 fully saturated rings. The van der Waals surface area contributed by atoms with Gasteiger partial charge in [-0.1, -0.05) is 0 Å². The summed E-state index contributed by atoms with van der Waals surface area (Å²) in [6.45, 7) is 11.7. The quantitative estimate of drug-likeness (QED) is 0.212. The zero-order chi connectivity index (χ0) is 22.8. The molecule has 3 rings (SSSR count). The molecule has 1 atom stereocenters. The zero-order valence-electron chi connectivity index (χ0n) is 20.3. The number of aliphatic imine (C=N–C) groups is 1. The topological polar surface area (TPSA) is 69.6 Å². The molecule has 0 saturated carbocycles. The van der Waals surface area contributed by atoms with E-state index in [4.69, 9.17) is 14.5 Å². The number of ether oxygens (including phenoxy) is 2. The maximum Gasteiger partial charge on any atom is 0.239 e. The maximum absolute atomic E-state index is 12.7. The fourth-order valence-corrected chi connectivity index (χ4v) is 4.22. The Bertz CT molecular complexity index is 732. The molecule has 33 heavy (non-hydrogen) atoms. The van der Waals surface area contributed by atoms with E-state index in [1.807, 2.05) is 29.2 Å². The molecular weight excluding hydrogens is 533 g/mol. The van der Waals surface area contributed by atoms with Crippen LogP contribution < -0.4 is 14.8 Å². The first kappa shape index (κ1) is 27.5. The molecule has 0 bridgehead atoms. The van der Waals surface area contributed by atoms with Crippen molar-refractivity contribution in [3.8, 4) is 11.5 Å². The van der Waals surface area contributed by atoms with Gasteiger partial charge in [0.25, 0.3) is 0 Å². The third-order valence-electron chi connectivity index (χ3n) is 6.16. The Hall–Kier alpha value is -1.75. The Morgan fingerprint density at radius 3 is 2.27 bits per heavy atom. The van der Waals surface area contributed by atoms with Gasteiger partial charge in [-0.15, -0.1) is 24.0 Å². The van der Waals surface area contributed by atoms with Crippen LogP contribution in [0.4, 0.5) is 0 Å². The first-order valence-corrected chi connectivity index (χ1v) is 11.9. The lowest BCUT2D eigenvalue weighted by molar-refractivity contribution is -0.135. The molecule has 0 aromatic heterocycles. The van der Waals surface area contributed by atoms with Gasteiger partial charge in [-0.25, -0.2) is 0 Å². The summed E-state index contributed by atoms with van der Waals surface area (Å²) >= 11 is 0. The van der Waals surface area contributed by atoms with Crippen molar-refractivity contribution < 1.29 is 14.3 Å². The molecule has 186 valence electrons. The number of hydrogen-bond donors (Lipinski definition) is 1. The van der Waals surface area contributed by atoms with Crippen LogP contribution in [0.3, 0.4) is 0 Å². The molecule has 1 aromatic rings. The predicted molar refractivity (Wildman–Crippen MR) is 143 cm³/mol. The van der Waals surface area contributed by atoms with Crippen molar-refractivity contribution in [1.29, 1.82) is 0 Å². The predicted octanol–water partition coefficient (Wildman–Crippen LogP) is 2.68. The second-order valence-corrected chi connectivity index (χ2v) is 8.34. The highest BCUT2D eigenvalue weighted by atomic mass is 127. The normalized spacial score (nSPS) is 18.0. The Morgan fingerprint density at radius 1 is 1.03 bits per heavy atom. The number of carbonyl (C=O) groups is 1. The standard InChI is InChI=1S/C24H39N5O3.HI/c1-4-25-24(26-12-7-19-32-22-10-8-21(31-3)9-11-22)29-17-15-27(16-18-29)20(2)23(30)28-13-5-6-14-28;/h8-11,20H,4-7,12-19H2,1-3H3,(H,25,26);1H. The molecule has 1 unspecified atom stereocenters. The van der Waals surface area contributed by atoms with Crippen molar-refractivity contribution in [1.82, 2.24) is 20.0 Å². The van der Waals surface area contributed by atoms with Gasteiger partial charge in [0.15, 0.2) is 5.96 Å². The molecule has 2 heterocycles. The molecule has 2 aliphatic heterocycles. The second kappa shape index (κ2) is 14.5. The summed E-state index contributed by atoms with van der Waals surface area (Å²) in [5.41, 5.74) is 0. The van der Waals surface area contributed by atoms with Gasteiger partial charge in [-0.3, -0.25) is 14.7 Å². The van der Waals surface area contributed by atoms with Crippen molar-refractivity contribution in [3.05, 3.63) is 24.3 Å². The van der Waals surface area contributed by atoms with Gasteiger partial charge in [0.2, 0.25) is 5.91 Å². The minimum absolute atomic E-state index is 0. The van der Waals surface area contributed by atoms with E-state index in [2.05, 4.69) is 29.0 Å². The first-order valence-electron chi connectivity index (χ1n) is 11.9. The molecule has 2 aliphatic rings. The van der Waals surface area contributed by atoms with Gasteiger partial charge < -0.3 is 24.6 Å². The van der Waals surface area contributed by atoms with Gasteiger partial charge in [-0.05, 0) is 51.0 Å². The first-order chi connectivity index (χ1) is 15.6. The van der Waals surface area contributed by atoms with E-state index < -0.39 is 0 Å². The second-order valence-electron chi connectivity index (χ2n) is 8.34. The number of likely N-dealkylation sites (tertiary alicyclic amines) is 1. The van der Waals surface area contributed by atoms with E-state index in [0.717, 1.165) is 82.5 Å². The van der Waals surface area contributed by atoms with Crippen LogP contribution in [0.2, 0.25) is 0 Å². The molecule has 9 heteroatoms. The number of guanidine groups is 1. The molecule has 0 aliphatic carbocycles. The van der Waals surface area contributed by atoms with Crippen molar-refractivity contribution in [2.75, 3.05) is 66.1 Å². The number of rotatable bonds is 9. The summed E-state index contributed by atoms with van der Waals surface area (Å²) in [4.78, 5) is 24.2. The van der Waals surface area contributed by atoms with Crippen LogP contribution >= 0.6 is 24.0 Å². The lowest BCUT2D eigenvalue weighted by Crippen LogP contribution is -2.57. The molecule has 0 spiro atoms.